The van der Waals surface area contributed by atoms with Gasteiger partial charge in [0.1, 0.15) is 5.75 Å². The first-order valence-corrected chi connectivity index (χ1v) is 9.26. The zero-order valence-electron chi connectivity index (χ0n) is 14.9. The van der Waals surface area contributed by atoms with Gasteiger partial charge < -0.3 is 20.7 Å². The molecule has 1 saturated heterocycles. The maximum atomic E-state index is 12.2. The molecule has 0 aliphatic carbocycles. The van der Waals surface area contributed by atoms with E-state index in [4.69, 9.17) is 22.1 Å². The van der Waals surface area contributed by atoms with E-state index < -0.39 is 0 Å². The number of nitrogens with two attached hydrogens (primary N) is 1. The second-order valence-electron chi connectivity index (χ2n) is 6.58. The van der Waals surface area contributed by atoms with Crippen molar-refractivity contribution in [1.29, 1.82) is 0 Å². The van der Waals surface area contributed by atoms with Crippen LogP contribution < -0.4 is 20.7 Å². The van der Waals surface area contributed by atoms with Gasteiger partial charge in [0.05, 0.1) is 22.1 Å². The molecule has 6 heteroatoms. The van der Waals surface area contributed by atoms with Crippen LogP contribution in [0, 0.1) is 0 Å². The van der Waals surface area contributed by atoms with Gasteiger partial charge in [-0.25, -0.2) is 0 Å². The molecular formula is C20H24ClN3O2. The van der Waals surface area contributed by atoms with Gasteiger partial charge in [-0.2, -0.15) is 0 Å². The molecule has 0 bridgehead atoms. The molecule has 1 heterocycles. The molecular weight excluding hydrogens is 350 g/mol. The summed E-state index contributed by atoms with van der Waals surface area (Å²) in [5.74, 6) is 0.382. The predicted molar refractivity (Wildman–Crippen MR) is 107 cm³/mol. The molecule has 138 valence electrons. The average molecular weight is 374 g/mol. The van der Waals surface area contributed by atoms with Crippen LogP contribution in [-0.2, 0) is 4.79 Å². The summed E-state index contributed by atoms with van der Waals surface area (Å²) in [6, 6.07) is 13.2. The summed E-state index contributed by atoms with van der Waals surface area (Å²) in [5, 5.41) is 3.24. The summed E-state index contributed by atoms with van der Waals surface area (Å²) in [5.41, 5.74) is 8.28. The number of halogens is 1. The quantitative estimate of drug-likeness (QED) is 0.766. The topological polar surface area (TPSA) is 67.6 Å². The molecule has 1 amide bonds. The van der Waals surface area contributed by atoms with Crippen LogP contribution in [0.5, 0.6) is 5.75 Å². The minimum absolute atomic E-state index is 0.0832. The number of nitrogen functional groups attached to an aromatic ring is 1. The number of benzene rings is 2. The molecule has 1 aliphatic heterocycles. The Morgan fingerprint density at radius 1 is 1.31 bits per heavy atom. The largest absolute Gasteiger partial charge is 0.484 e. The van der Waals surface area contributed by atoms with Crippen molar-refractivity contribution in [2.75, 3.05) is 29.1 Å². The van der Waals surface area contributed by atoms with Crippen LogP contribution in [0.3, 0.4) is 0 Å². The summed E-state index contributed by atoms with van der Waals surface area (Å²) >= 11 is 6.28. The number of rotatable bonds is 5. The fraction of sp³-hybridized carbons (Fsp3) is 0.350. The number of ether oxygens (including phenoxy) is 1. The van der Waals surface area contributed by atoms with Crippen molar-refractivity contribution in [1.82, 2.24) is 0 Å². The number of hydrogen-bond acceptors (Lipinski definition) is 4. The standard InChI is InChI=1S/C20H24ClN3O2/c1-14-7-5-6-10-24(14)19-12-18(16(21)11-17(19)22)23-20(25)13-26-15-8-3-2-4-9-15/h2-4,8-9,11-12,14H,5-7,10,13,22H2,1H3,(H,23,25)/t14-/m1/s1. The van der Waals surface area contributed by atoms with Crippen LogP contribution in [0.25, 0.3) is 0 Å². The summed E-state index contributed by atoms with van der Waals surface area (Å²) in [4.78, 5) is 14.5. The lowest BCUT2D eigenvalue weighted by Gasteiger charge is -2.36. The smallest absolute Gasteiger partial charge is 0.262 e. The van der Waals surface area contributed by atoms with Crippen LogP contribution in [0.15, 0.2) is 42.5 Å². The lowest BCUT2D eigenvalue weighted by Crippen LogP contribution is -2.37. The Kier molecular flexibility index (Phi) is 5.89. The molecule has 0 saturated carbocycles. The van der Waals surface area contributed by atoms with Crippen molar-refractivity contribution in [3.05, 3.63) is 47.5 Å². The lowest BCUT2D eigenvalue weighted by atomic mass is 10.0. The highest BCUT2D eigenvalue weighted by Gasteiger charge is 2.22. The highest BCUT2D eigenvalue weighted by molar-refractivity contribution is 6.34. The van der Waals surface area contributed by atoms with E-state index in [0.29, 0.717) is 28.2 Å². The summed E-state index contributed by atoms with van der Waals surface area (Å²) in [6.07, 6.45) is 3.50. The van der Waals surface area contributed by atoms with Gasteiger partial charge in [-0.05, 0) is 50.5 Å². The summed E-state index contributed by atoms with van der Waals surface area (Å²) < 4.78 is 5.48. The van der Waals surface area contributed by atoms with Gasteiger partial charge in [-0.3, -0.25) is 4.79 Å². The molecule has 3 N–H and O–H groups in total. The molecule has 2 aromatic rings. The molecule has 0 radical (unpaired) electrons. The van der Waals surface area contributed by atoms with Crippen molar-refractivity contribution < 1.29 is 9.53 Å². The van der Waals surface area contributed by atoms with Crippen LogP contribution in [0.4, 0.5) is 17.1 Å². The Balaban J connectivity index is 1.70. The monoisotopic (exact) mass is 373 g/mol. The van der Waals surface area contributed by atoms with E-state index in [-0.39, 0.29) is 12.5 Å². The van der Waals surface area contributed by atoms with Crippen LogP contribution >= 0.6 is 11.6 Å². The fourth-order valence-corrected chi connectivity index (χ4v) is 3.45. The number of nitrogens with one attached hydrogen (secondary N) is 1. The van der Waals surface area contributed by atoms with E-state index in [1.807, 2.05) is 24.3 Å². The first kappa shape index (κ1) is 18.4. The van der Waals surface area contributed by atoms with Crippen molar-refractivity contribution in [3.8, 4) is 5.75 Å². The van der Waals surface area contributed by atoms with Gasteiger partial charge >= 0.3 is 0 Å². The van der Waals surface area contributed by atoms with E-state index in [1.54, 1.807) is 18.2 Å². The minimum atomic E-state index is -0.266. The first-order chi connectivity index (χ1) is 12.5. The molecule has 0 aromatic heterocycles. The molecule has 1 aliphatic rings. The second kappa shape index (κ2) is 8.32. The van der Waals surface area contributed by atoms with Crippen molar-refractivity contribution >= 4 is 34.6 Å². The SMILES string of the molecule is C[C@@H]1CCCCN1c1cc(NC(=O)COc2ccccc2)c(Cl)cc1N. The van der Waals surface area contributed by atoms with Gasteiger partial charge in [-0.1, -0.05) is 29.8 Å². The predicted octanol–water partition coefficient (Wildman–Crippen LogP) is 4.32. The Bertz CT molecular complexity index is 767. The van der Waals surface area contributed by atoms with E-state index >= 15 is 0 Å². The molecule has 26 heavy (non-hydrogen) atoms. The first-order valence-electron chi connectivity index (χ1n) is 8.88. The number of piperidine rings is 1. The Morgan fingerprint density at radius 3 is 2.81 bits per heavy atom. The van der Waals surface area contributed by atoms with E-state index in [9.17, 15) is 4.79 Å². The number of carbonyl (C=O) groups excluding carboxylic acids is 1. The van der Waals surface area contributed by atoms with Crippen LogP contribution in [-0.4, -0.2) is 25.1 Å². The Morgan fingerprint density at radius 2 is 2.08 bits per heavy atom. The van der Waals surface area contributed by atoms with Gasteiger partial charge in [-0.15, -0.1) is 0 Å². The van der Waals surface area contributed by atoms with E-state index in [2.05, 4.69) is 17.1 Å². The maximum Gasteiger partial charge on any atom is 0.262 e. The lowest BCUT2D eigenvalue weighted by molar-refractivity contribution is -0.118. The number of nitrogens with zero attached hydrogens (tertiary/aromatic N) is 1. The molecule has 0 spiro atoms. The number of carbonyl (C=O) groups is 1. The number of hydrogen-bond donors (Lipinski definition) is 2. The molecule has 5 nitrogen and oxygen atoms in total. The Labute approximate surface area is 159 Å². The molecule has 1 atom stereocenters. The van der Waals surface area contributed by atoms with Crippen molar-refractivity contribution in [3.63, 3.8) is 0 Å². The van der Waals surface area contributed by atoms with Gasteiger partial charge in [0.25, 0.3) is 5.91 Å². The van der Waals surface area contributed by atoms with Crippen molar-refractivity contribution in [2.24, 2.45) is 0 Å². The maximum absolute atomic E-state index is 12.2. The fourth-order valence-electron chi connectivity index (χ4n) is 3.23. The highest BCUT2D eigenvalue weighted by Crippen LogP contribution is 2.36. The van der Waals surface area contributed by atoms with Crippen molar-refractivity contribution in [2.45, 2.75) is 32.2 Å². The van der Waals surface area contributed by atoms with Gasteiger partial charge in [0.15, 0.2) is 6.61 Å². The zero-order chi connectivity index (χ0) is 18.5. The average Bonchev–Trinajstić information content (AvgIpc) is 2.64. The van der Waals surface area contributed by atoms with Crippen LogP contribution in [0.1, 0.15) is 26.2 Å². The third-order valence-corrected chi connectivity index (χ3v) is 4.93. The van der Waals surface area contributed by atoms with Crippen LogP contribution in [0.2, 0.25) is 5.02 Å². The third-order valence-electron chi connectivity index (χ3n) is 4.62. The van der Waals surface area contributed by atoms with E-state index in [0.717, 1.165) is 25.1 Å². The normalized spacial score (nSPS) is 17.0. The zero-order valence-corrected chi connectivity index (χ0v) is 15.6. The molecule has 1 fully saturated rings. The minimum Gasteiger partial charge on any atom is -0.484 e. The highest BCUT2D eigenvalue weighted by atomic mass is 35.5. The molecule has 2 aromatic carbocycles. The number of anilines is 3. The van der Waals surface area contributed by atoms with E-state index in [1.165, 1.54) is 6.42 Å². The summed E-state index contributed by atoms with van der Waals surface area (Å²) in [6.45, 7) is 3.07. The van der Waals surface area contributed by atoms with Gasteiger partial charge in [0.2, 0.25) is 0 Å². The molecule has 3 rings (SSSR count). The summed E-state index contributed by atoms with van der Waals surface area (Å²) in [7, 11) is 0. The van der Waals surface area contributed by atoms with Gasteiger partial charge in [0, 0.05) is 12.6 Å². The number of para-hydroxylation sites is 1. The number of amides is 1. The third kappa shape index (κ3) is 4.41. The second-order valence-corrected chi connectivity index (χ2v) is 6.99. The molecule has 0 unspecified atom stereocenters. The Hall–Kier alpha value is -2.40.